The van der Waals surface area contributed by atoms with Gasteiger partial charge in [-0.25, -0.2) is 0 Å². The Hall–Kier alpha value is -3.52. The molecule has 0 aromatic heterocycles. The van der Waals surface area contributed by atoms with Crippen LogP contribution in [0.5, 0.6) is 17.2 Å². The predicted molar refractivity (Wildman–Crippen MR) is 134 cm³/mol. The molecule has 1 aliphatic rings. The van der Waals surface area contributed by atoms with Crippen LogP contribution in [-0.2, 0) is 9.59 Å². The third-order valence-corrected chi connectivity index (χ3v) is 6.49. The summed E-state index contributed by atoms with van der Waals surface area (Å²) in [5.41, 5.74) is 1.81. The van der Waals surface area contributed by atoms with Crippen molar-refractivity contribution < 1.29 is 28.9 Å². The Balaban J connectivity index is 2.21. The molecule has 35 heavy (non-hydrogen) atoms. The molecule has 2 aromatic carbocycles. The smallest absolute Gasteiger partial charge is 0.295 e. The summed E-state index contributed by atoms with van der Waals surface area (Å²) < 4.78 is 16.3. The molecule has 1 N–H and O–H groups in total. The fraction of sp³-hybridized carbons (Fsp3) is 0.407. The lowest BCUT2D eigenvalue weighted by atomic mass is 9.94. The van der Waals surface area contributed by atoms with Gasteiger partial charge in [-0.2, -0.15) is 0 Å². The number of carbonyl (C=O) groups excluding carboxylic acids is 2. The highest BCUT2D eigenvalue weighted by Gasteiger charge is 2.47. The van der Waals surface area contributed by atoms with Gasteiger partial charge in [0.1, 0.15) is 23.0 Å². The van der Waals surface area contributed by atoms with Gasteiger partial charge in [0, 0.05) is 24.2 Å². The molecule has 0 aliphatic carbocycles. The number of aliphatic hydroxyl groups excluding tert-OH is 1. The number of rotatable bonds is 10. The molecule has 0 bridgehead atoms. The van der Waals surface area contributed by atoms with Crippen molar-refractivity contribution in [3.8, 4) is 17.2 Å². The van der Waals surface area contributed by atoms with Crippen LogP contribution >= 0.6 is 0 Å². The maximum absolute atomic E-state index is 13.3. The number of hydrogen-bond acceptors (Lipinski definition) is 7. The second kappa shape index (κ2) is 11.3. The summed E-state index contributed by atoms with van der Waals surface area (Å²) in [5.74, 6) is 0.0727. The number of aryl methyl sites for hydroxylation is 1. The molecule has 1 amide bonds. The molecule has 1 fully saturated rings. The van der Waals surface area contributed by atoms with Crippen molar-refractivity contribution >= 4 is 17.4 Å². The largest absolute Gasteiger partial charge is 0.507 e. The van der Waals surface area contributed by atoms with E-state index in [0.717, 1.165) is 18.7 Å². The monoisotopic (exact) mass is 482 g/mol. The van der Waals surface area contributed by atoms with Crippen molar-refractivity contribution in [1.29, 1.82) is 0 Å². The van der Waals surface area contributed by atoms with Crippen molar-refractivity contribution in [1.82, 2.24) is 9.80 Å². The molecule has 0 radical (unpaired) electrons. The van der Waals surface area contributed by atoms with Crippen LogP contribution in [0, 0.1) is 6.92 Å². The van der Waals surface area contributed by atoms with Gasteiger partial charge in [0.25, 0.3) is 11.7 Å². The highest BCUT2D eigenvalue weighted by Crippen LogP contribution is 2.44. The van der Waals surface area contributed by atoms with Crippen LogP contribution in [0.15, 0.2) is 42.0 Å². The lowest BCUT2D eigenvalue weighted by Crippen LogP contribution is -2.38. The highest BCUT2D eigenvalue weighted by atomic mass is 16.5. The Morgan fingerprint density at radius 3 is 2.20 bits per heavy atom. The van der Waals surface area contributed by atoms with Crippen molar-refractivity contribution in [3.05, 3.63) is 58.7 Å². The summed E-state index contributed by atoms with van der Waals surface area (Å²) in [6.45, 7) is 8.48. The molecule has 1 heterocycles. The van der Waals surface area contributed by atoms with Gasteiger partial charge in [0.15, 0.2) is 0 Å². The van der Waals surface area contributed by atoms with Crippen LogP contribution < -0.4 is 14.2 Å². The van der Waals surface area contributed by atoms with Crippen LogP contribution in [0.4, 0.5) is 0 Å². The third-order valence-electron chi connectivity index (χ3n) is 6.49. The first-order valence-electron chi connectivity index (χ1n) is 11.7. The van der Waals surface area contributed by atoms with Gasteiger partial charge in [-0.05, 0) is 62.0 Å². The third kappa shape index (κ3) is 5.12. The molecule has 8 nitrogen and oxygen atoms in total. The summed E-state index contributed by atoms with van der Waals surface area (Å²) in [7, 11) is 4.64. The zero-order valence-electron chi connectivity index (χ0n) is 21.3. The maximum atomic E-state index is 13.3. The van der Waals surface area contributed by atoms with Gasteiger partial charge in [0.05, 0.1) is 32.9 Å². The van der Waals surface area contributed by atoms with E-state index in [1.807, 2.05) is 20.8 Å². The number of carbonyl (C=O) groups is 2. The van der Waals surface area contributed by atoms with E-state index in [4.69, 9.17) is 14.2 Å². The molecular weight excluding hydrogens is 448 g/mol. The van der Waals surface area contributed by atoms with Crippen molar-refractivity contribution in [3.63, 3.8) is 0 Å². The van der Waals surface area contributed by atoms with Crippen LogP contribution in [0.3, 0.4) is 0 Å². The zero-order chi connectivity index (χ0) is 25.7. The van der Waals surface area contributed by atoms with Crippen LogP contribution in [0.1, 0.15) is 36.6 Å². The molecular formula is C27H34N2O6. The van der Waals surface area contributed by atoms with E-state index in [-0.39, 0.29) is 11.3 Å². The molecule has 188 valence electrons. The van der Waals surface area contributed by atoms with Crippen molar-refractivity contribution in [2.24, 2.45) is 0 Å². The Morgan fingerprint density at radius 1 is 0.971 bits per heavy atom. The predicted octanol–water partition coefficient (Wildman–Crippen LogP) is 3.78. The first-order valence-corrected chi connectivity index (χ1v) is 11.7. The van der Waals surface area contributed by atoms with E-state index < -0.39 is 17.7 Å². The number of nitrogens with zero attached hydrogens (tertiary/aromatic N) is 2. The minimum absolute atomic E-state index is 0.0191. The minimum atomic E-state index is -0.835. The Morgan fingerprint density at radius 2 is 1.63 bits per heavy atom. The molecule has 0 spiro atoms. The Bertz CT molecular complexity index is 1120. The number of methoxy groups -OCH3 is 3. The SMILES string of the molecule is CCN(CC)CCN1C(=O)C(=O)/C(=C(/O)c2ccc(OC)c(C)c2)[C@H]1c1cc(OC)ccc1OC. The number of aliphatic hydroxyl groups is 1. The second-order valence-corrected chi connectivity index (χ2v) is 8.31. The van der Waals surface area contributed by atoms with E-state index in [9.17, 15) is 14.7 Å². The number of hydrogen-bond donors (Lipinski definition) is 1. The zero-order valence-corrected chi connectivity index (χ0v) is 21.3. The highest BCUT2D eigenvalue weighted by molar-refractivity contribution is 6.46. The van der Waals surface area contributed by atoms with E-state index in [0.29, 0.717) is 41.5 Å². The molecule has 1 atom stereocenters. The summed E-state index contributed by atoms with van der Waals surface area (Å²) in [6, 6.07) is 9.52. The Kier molecular flexibility index (Phi) is 8.40. The van der Waals surface area contributed by atoms with Gasteiger partial charge >= 0.3 is 0 Å². The molecule has 0 unspecified atom stereocenters. The van der Waals surface area contributed by atoms with Crippen LogP contribution in [0.2, 0.25) is 0 Å². The quantitative estimate of drug-likeness (QED) is 0.313. The fourth-order valence-electron chi connectivity index (χ4n) is 4.46. The number of likely N-dealkylation sites (tertiary alicyclic amines) is 1. The van der Waals surface area contributed by atoms with Crippen LogP contribution in [0.25, 0.3) is 5.76 Å². The number of likely N-dealkylation sites (N-methyl/N-ethyl adjacent to an activating group) is 1. The normalized spacial score (nSPS) is 17.2. The fourth-order valence-corrected chi connectivity index (χ4v) is 4.46. The lowest BCUT2D eigenvalue weighted by Gasteiger charge is -2.29. The molecule has 3 rings (SSSR count). The second-order valence-electron chi connectivity index (χ2n) is 8.31. The maximum Gasteiger partial charge on any atom is 0.295 e. The number of benzene rings is 2. The summed E-state index contributed by atoms with van der Waals surface area (Å²) >= 11 is 0. The topological polar surface area (TPSA) is 88.5 Å². The molecule has 1 saturated heterocycles. The molecule has 0 saturated carbocycles. The van der Waals surface area contributed by atoms with E-state index in [1.165, 1.54) is 12.0 Å². The molecule has 8 heteroatoms. The first-order chi connectivity index (χ1) is 16.8. The van der Waals surface area contributed by atoms with Gasteiger partial charge in [-0.3, -0.25) is 9.59 Å². The van der Waals surface area contributed by atoms with Gasteiger partial charge in [-0.15, -0.1) is 0 Å². The van der Waals surface area contributed by atoms with Gasteiger partial charge < -0.3 is 29.1 Å². The van der Waals surface area contributed by atoms with Crippen LogP contribution in [-0.4, -0.2) is 74.1 Å². The molecule has 1 aliphatic heterocycles. The average molecular weight is 483 g/mol. The Labute approximate surface area is 206 Å². The van der Waals surface area contributed by atoms with Crippen molar-refractivity contribution in [2.45, 2.75) is 26.8 Å². The number of Topliss-reactive ketones (excluding diaryl/α,β-unsaturated/α-hetero) is 1. The van der Waals surface area contributed by atoms with E-state index in [1.54, 1.807) is 50.6 Å². The van der Waals surface area contributed by atoms with Gasteiger partial charge in [0.2, 0.25) is 0 Å². The number of amides is 1. The standard InChI is InChI=1S/C27H34N2O6/c1-7-28(8-2)13-14-29-24(20-16-19(33-4)10-12-22(20)35-6)23(26(31)27(29)32)25(30)18-9-11-21(34-5)17(3)15-18/h9-12,15-16,24,30H,7-8,13-14H2,1-6H3/b25-23+/t24-/m1/s1. The molecule has 2 aromatic rings. The summed E-state index contributed by atoms with van der Waals surface area (Å²) in [5, 5.41) is 11.4. The van der Waals surface area contributed by atoms with E-state index in [2.05, 4.69) is 4.90 Å². The van der Waals surface area contributed by atoms with Crippen molar-refractivity contribution in [2.75, 3.05) is 47.5 Å². The summed E-state index contributed by atoms with van der Waals surface area (Å²) in [6.07, 6.45) is 0. The number of ether oxygens (including phenoxy) is 3. The van der Waals surface area contributed by atoms with Gasteiger partial charge in [-0.1, -0.05) is 13.8 Å². The number of ketones is 1. The minimum Gasteiger partial charge on any atom is -0.507 e. The lowest BCUT2D eigenvalue weighted by molar-refractivity contribution is -0.140. The van der Waals surface area contributed by atoms with E-state index >= 15 is 0 Å². The average Bonchev–Trinajstić information content (AvgIpc) is 3.13. The first kappa shape index (κ1) is 26.1. The summed E-state index contributed by atoms with van der Waals surface area (Å²) in [4.78, 5) is 30.3.